The Kier molecular flexibility index (Phi) is 4.57. The van der Waals surface area contributed by atoms with Gasteiger partial charge < -0.3 is 14.1 Å². The molecule has 0 spiro atoms. The number of fused-ring (bicyclic) bond motifs is 3. The standard InChI is InChI=1S/C25H19ClN2O2/c1-28(18-11-13-19(29-2)14-12-18)22-15-23-24(21-6-4-3-5-20(21)22)27-25(30-23)16-7-9-17(26)10-8-16/h3-15H,1-2H3. The van der Waals surface area contributed by atoms with E-state index in [4.69, 9.17) is 25.7 Å². The molecule has 5 rings (SSSR count). The van der Waals surface area contributed by atoms with E-state index in [0.717, 1.165) is 44.6 Å². The topological polar surface area (TPSA) is 38.5 Å². The summed E-state index contributed by atoms with van der Waals surface area (Å²) in [6, 6.07) is 25.8. The molecule has 1 aromatic heterocycles. The third-order valence-electron chi connectivity index (χ3n) is 5.29. The van der Waals surface area contributed by atoms with E-state index in [1.54, 1.807) is 7.11 Å². The molecule has 4 nitrogen and oxygen atoms in total. The van der Waals surface area contributed by atoms with E-state index in [-0.39, 0.29) is 0 Å². The number of nitrogens with zero attached hydrogens (tertiary/aromatic N) is 2. The van der Waals surface area contributed by atoms with Crippen molar-refractivity contribution in [3.63, 3.8) is 0 Å². The van der Waals surface area contributed by atoms with E-state index >= 15 is 0 Å². The highest BCUT2D eigenvalue weighted by Crippen LogP contribution is 2.38. The summed E-state index contributed by atoms with van der Waals surface area (Å²) in [6.07, 6.45) is 0. The van der Waals surface area contributed by atoms with Gasteiger partial charge in [-0.05, 0) is 48.5 Å². The highest BCUT2D eigenvalue weighted by Gasteiger charge is 2.17. The summed E-state index contributed by atoms with van der Waals surface area (Å²) in [5, 5.41) is 2.84. The smallest absolute Gasteiger partial charge is 0.227 e. The van der Waals surface area contributed by atoms with Crippen molar-refractivity contribution in [1.82, 2.24) is 4.98 Å². The number of aromatic nitrogens is 1. The van der Waals surface area contributed by atoms with Gasteiger partial charge in [0, 0.05) is 40.2 Å². The quantitative estimate of drug-likeness (QED) is 0.315. The largest absolute Gasteiger partial charge is 0.497 e. The number of benzene rings is 4. The van der Waals surface area contributed by atoms with Gasteiger partial charge in [-0.15, -0.1) is 0 Å². The Labute approximate surface area is 179 Å². The van der Waals surface area contributed by atoms with Crippen molar-refractivity contribution in [2.24, 2.45) is 0 Å². The first-order valence-electron chi connectivity index (χ1n) is 9.60. The Balaban J connectivity index is 1.68. The predicted molar refractivity (Wildman–Crippen MR) is 123 cm³/mol. The van der Waals surface area contributed by atoms with E-state index in [2.05, 4.69) is 17.0 Å². The lowest BCUT2D eigenvalue weighted by atomic mass is 10.1. The van der Waals surface area contributed by atoms with Gasteiger partial charge in [0.05, 0.1) is 12.8 Å². The van der Waals surface area contributed by atoms with Gasteiger partial charge in [0.15, 0.2) is 5.58 Å². The molecule has 0 atom stereocenters. The summed E-state index contributed by atoms with van der Waals surface area (Å²) < 4.78 is 11.4. The molecule has 0 bridgehead atoms. The zero-order valence-electron chi connectivity index (χ0n) is 16.6. The molecule has 4 aromatic carbocycles. The van der Waals surface area contributed by atoms with Crippen LogP contribution in [0.2, 0.25) is 5.02 Å². The molecule has 0 N–H and O–H groups in total. The van der Waals surface area contributed by atoms with Crippen LogP contribution in [0, 0.1) is 0 Å². The minimum absolute atomic E-state index is 0.580. The Bertz CT molecular complexity index is 1340. The molecule has 1 heterocycles. The zero-order chi connectivity index (χ0) is 20.7. The van der Waals surface area contributed by atoms with E-state index in [0.29, 0.717) is 10.9 Å². The van der Waals surface area contributed by atoms with Crippen molar-refractivity contribution >= 4 is 44.8 Å². The van der Waals surface area contributed by atoms with Crippen LogP contribution in [0.15, 0.2) is 83.3 Å². The van der Waals surface area contributed by atoms with Gasteiger partial charge >= 0.3 is 0 Å². The van der Waals surface area contributed by atoms with Crippen molar-refractivity contribution in [2.75, 3.05) is 19.1 Å². The van der Waals surface area contributed by atoms with Gasteiger partial charge in [0.25, 0.3) is 0 Å². The first kappa shape index (κ1) is 18.5. The van der Waals surface area contributed by atoms with Crippen molar-refractivity contribution in [2.45, 2.75) is 0 Å². The lowest BCUT2D eigenvalue weighted by Gasteiger charge is -2.21. The molecule has 0 fully saturated rings. The summed E-state index contributed by atoms with van der Waals surface area (Å²) in [5.41, 5.74) is 4.58. The minimum Gasteiger partial charge on any atom is -0.497 e. The summed E-state index contributed by atoms with van der Waals surface area (Å²) in [7, 11) is 3.72. The van der Waals surface area contributed by atoms with Crippen LogP contribution in [0.1, 0.15) is 0 Å². The van der Waals surface area contributed by atoms with E-state index in [1.165, 1.54) is 0 Å². The van der Waals surface area contributed by atoms with Crippen LogP contribution in [0.4, 0.5) is 11.4 Å². The monoisotopic (exact) mass is 414 g/mol. The molecule has 0 unspecified atom stereocenters. The fourth-order valence-electron chi connectivity index (χ4n) is 3.68. The van der Waals surface area contributed by atoms with Crippen LogP contribution in [-0.4, -0.2) is 19.1 Å². The maximum atomic E-state index is 6.16. The molecule has 148 valence electrons. The summed E-state index contributed by atoms with van der Waals surface area (Å²) >= 11 is 6.02. The normalized spacial score (nSPS) is 11.2. The van der Waals surface area contributed by atoms with Crippen LogP contribution in [0.3, 0.4) is 0 Å². The lowest BCUT2D eigenvalue weighted by molar-refractivity contribution is 0.415. The Morgan fingerprint density at radius 1 is 0.900 bits per heavy atom. The maximum absolute atomic E-state index is 6.16. The number of oxazole rings is 1. The van der Waals surface area contributed by atoms with Crippen molar-refractivity contribution in [3.05, 3.63) is 83.9 Å². The van der Waals surface area contributed by atoms with Crippen LogP contribution in [0.5, 0.6) is 5.75 Å². The van der Waals surface area contributed by atoms with Crippen LogP contribution in [0.25, 0.3) is 33.3 Å². The number of ether oxygens (including phenoxy) is 1. The van der Waals surface area contributed by atoms with Crippen LogP contribution >= 0.6 is 11.6 Å². The highest BCUT2D eigenvalue weighted by atomic mass is 35.5. The minimum atomic E-state index is 0.580. The van der Waals surface area contributed by atoms with Gasteiger partial charge in [-0.1, -0.05) is 35.9 Å². The van der Waals surface area contributed by atoms with Gasteiger partial charge in [-0.2, -0.15) is 0 Å². The number of hydrogen-bond donors (Lipinski definition) is 0. The average Bonchev–Trinajstić information content (AvgIpc) is 3.23. The van der Waals surface area contributed by atoms with Gasteiger partial charge in [-0.25, -0.2) is 4.98 Å². The van der Waals surface area contributed by atoms with E-state index < -0.39 is 0 Å². The molecule has 0 saturated carbocycles. The van der Waals surface area contributed by atoms with E-state index in [1.807, 2.05) is 73.8 Å². The summed E-state index contributed by atoms with van der Waals surface area (Å²) in [4.78, 5) is 6.94. The van der Waals surface area contributed by atoms with Crippen molar-refractivity contribution in [3.8, 4) is 17.2 Å². The third-order valence-corrected chi connectivity index (χ3v) is 5.54. The maximum Gasteiger partial charge on any atom is 0.227 e. The zero-order valence-corrected chi connectivity index (χ0v) is 17.4. The number of anilines is 2. The molecule has 30 heavy (non-hydrogen) atoms. The molecular formula is C25H19ClN2O2. The molecule has 5 heteroatoms. The molecule has 0 aliphatic rings. The van der Waals surface area contributed by atoms with Gasteiger partial charge in [-0.3, -0.25) is 0 Å². The lowest BCUT2D eigenvalue weighted by Crippen LogP contribution is -2.09. The van der Waals surface area contributed by atoms with Gasteiger partial charge in [0.1, 0.15) is 11.3 Å². The Hall–Kier alpha value is -3.50. The fraction of sp³-hybridized carbons (Fsp3) is 0.0800. The van der Waals surface area contributed by atoms with Gasteiger partial charge in [0.2, 0.25) is 5.89 Å². The Morgan fingerprint density at radius 2 is 1.60 bits per heavy atom. The SMILES string of the molecule is COc1ccc(N(C)c2cc3oc(-c4ccc(Cl)cc4)nc3c3ccccc23)cc1. The molecule has 5 aromatic rings. The van der Waals surface area contributed by atoms with Crippen LogP contribution in [-0.2, 0) is 0 Å². The Morgan fingerprint density at radius 3 is 2.30 bits per heavy atom. The molecule has 0 aliphatic carbocycles. The molecule has 0 saturated heterocycles. The second-order valence-corrected chi connectivity index (χ2v) is 7.51. The number of rotatable bonds is 4. The first-order chi connectivity index (χ1) is 14.6. The summed E-state index contributed by atoms with van der Waals surface area (Å²) in [6.45, 7) is 0. The van der Waals surface area contributed by atoms with E-state index in [9.17, 15) is 0 Å². The first-order valence-corrected chi connectivity index (χ1v) is 9.98. The number of halogens is 1. The molecule has 0 amide bonds. The second-order valence-electron chi connectivity index (χ2n) is 7.07. The van der Waals surface area contributed by atoms with Crippen molar-refractivity contribution < 1.29 is 9.15 Å². The third kappa shape index (κ3) is 3.15. The van der Waals surface area contributed by atoms with Crippen LogP contribution < -0.4 is 9.64 Å². The highest BCUT2D eigenvalue weighted by molar-refractivity contribution is 6.30. The molecular weight excluding hydrogens is 396 g/mol. The molecule has 0 aliphatic heterocycles. The average molecular weight is 415 g/mol. The molecule has 0 radical (unpaired) electrons. The predicted octanol–water partition coefficient (Wildman–Crippen LogP) is 7.08. The second kappa shape index (κ2) is 7.39. The number of methoxy groups -OCH3 is 1. The summed E-state index contributed by atoms with van der Waals surface area (Å²) in [5.74, 6) is 1.41. The fourth-order valence-corrected chi connectivity index (χ4v) is 3.80. The van der Waals surface area contributed by atoms with Crippen molar-refractivity contribution in [1.29, 1.82) is 0 Å². The number of hydrogen-bond acceptors (Lipinski definition) is 4.